The Morgan fingerprint density at radius 1 is 0.257 bits per heavy atom. The van der Waals surface area contributed by atoms with E-state index in [-0.39, 0.29) is 10.8 Å². The number of aryl methyl sites for hydroxylation is 4. The molecule has 70 heavy (non-hydrogen) atoms. The van der Waals surface area contributed by atoms with Gasteiger partial charge in [-0.25, -0.2) is 0 Å². The minimum Gasteiger partial charge on any atom is -0.310 e. The Balaban J connectivity index is 0.797. The topological polar surface area (TPSA) is 6.48 Å². The highest BCUT2D eigenvalue weighted by atomic mass is 15.1. The molecule has 9 aromatic rings. The first-order chi connectivity index (χ1) is 33.8. The number of rotatable bonds is 10. The van der Waals surface area contributed by atoms with E-state index in [1.807, 2.05) is 0 Å². The van der Waals surface area contributed by atoms with E-state index in [1.54, 1.807) is 0 Å². The molecule has 9 aromatic carbocycles. The Morgan fingerprint density at radius 3 is 0.786 bits per heavy atom. The summed E-state index contributed by atoms with van der Waals surface area (Å²) < 4.78 is 0. The van der Waals surface area contributed by atoms with Crippen molar-refractivity contribution in [3.63, 3.8) is 0 Å². The maximum atomic E-state index is 2.41. The molecule has 0 fully saturated rings. The molecule has 0 saturated heterocycles. The summed E-state index contributed by atoms with van der Waals surface area (Å²) in [4.78, 5) is 4.76. The highest BCUT2D eigenvalue weighted by molar-refractivity contribution is 5.89. The molecule has 11 rings (SSSR count). The van der Waals surface area contributed by atoms with Gasteiger partial charge in [0.05, 0.1) is 0 Å². The Morgan fingerprint density at radius 2 is 0.486 bits per heavy atom. The van der Waals surface area contributed by atoms with E-state index in [9.17, 15) is 0 Å². The average molecular weight is 905 g/mol. The van der Waals surface area contributed by atoms with Crippen LogP contribution in [0, 0.1) is 27.7 Å². The average Bonchev–Trinajstić information content (AvgIpc) is 3.73. The van der Waals surface area contributed by atoms with Crippen molar-refractivity contribution in [1.29, 1.82) is 0 Å². The first kappa shape index (κ1) is 44.6. The van der Waals surface area contributed by atoms with Gasteiger partial charge in [-0.3, -0.25) is 0 Å². The van der Waals surface area contributed by atoms with E-state index in [0.29, 0.717) is 0 Å². The fourth-order valence-corrected chi connectivity index (χ4v) is 10.7. The molecule has 0 unspecified atom stereocenters. The van der Waals surface area contributed by atoms with Crippen LogP contribution in [-0.2, 0) is 10.8 Å². The SMILES string of the molecule is Cc1ccc(N(c2ccc(C)cc2)c2ccc3c(c2)C(C)(C)c2cc(/C=C/c4ccc(/C=C/c5ccc6c(c5)C(C)(C)c5cc(N(c7ccc(C)cc7)c7ccc(C)cc7)ccc5-6)cc4)ccc2-3)cc1. The van der Waals surface area contributed by atoms with E-state index >= 15 is 0 Å². The van der Waals surface area contributed by atoms with Crippen LogP contribution in [0.3, 0.4) is 0 Å². The predicted octanol–water partition coefficient (Wildman–Crippen LogP) is 18.8. The highest BCUT2D eigenvalue weighted by Gasteiger charge is 2.37. The fourth-order valence-electron chi connectivity index (χ4n) is 10.7. The number of hydrogen-bond donors (Lipinski definition) is 0. The van der Waals surface area contributed by atoms with Crippen molar-refractivity contribution in [2.75, 3.05) is 9.80 Å². The molecule has 0 bridgehead atoms. The van der Waals surface area contributed by atoms with Gasteiger partial charge in [-0.2, -0.15) is 0 Å². The molecule has 2 heteroatoms. The molecule has 0 atom stereocenters. The standard InChI is InChI=1S/C68H60N2/c1-45-9-27-53(28-10-45)69(54-29-11-46(2)12-30-54)57-35-39-61-59-37-25-51(41-63(59)67(5,6)65(61)43-57)23-21-49-17-19-50(20-18-49)22-24-52-26-38-60-62-40-36-58(44-66(62)68(7,8)64(60)42-52)70(55-31-13-47(3)14-32-55)56-33-15-48(4)16-34-56/h9-44H,1-8H3/b23-21+,24-22+. The quantitative estimate of drug-likeness (QED) is 0.126. The van der Waals surface area contributed by atoms with Gasteiger partial charge in [0, 0.05) is 45.0 Å². The van der Waals surface area contributed by atoms with Gasteiger partial charge >= 0.3 is 0 Å². The highest BCUT2D eigenvalue weighted by Crippen LogP contribution is 2.53. The van der Waals surface area contributed by atoms with Gasteiger partial charge < -0.3 is 9.80 Å². The minimum atomic E-state index is -0.154. The lowest BCUT2D eigenvalue weighted by molar-refractivity contribution is 0.660. The van der Waals surface area contributed by atoms with Crippen molar-refractivity contribution < 1.29 is 0 Å². The third kappa shape index (κ3) is 8.18. The van der Waals surface area contributed by atoms with E-state index < -0.39 is 0 Å². The lowest BCUT2D eigenvalue weighted by Gasteiger charge is -2.28. The van der Waals surface area contributed by atoms with Crippen molar-refractivity contribution in [3.05, 3.63) is 261 Å². The molecule has 0 heterocycles. The molecule has 0 amide bonds. The third-order valence-electron chi connectivity index (χ3n) is 14.9. The predicted molar refractivity (Wildman–Crippen MR) is 301 cm³/mol. The lowest BCUT2D eigenvalue weighted by atomic mass is 9.81. The van der Waals surface area contributed by atoms with E-state index in [0.717, 1.165) is 22.7 Å². The molecule has 2 aliphatic rings. The Hall–Kier alpha value is -7.94. The summed E-state index contributed by atoms with van der Waals surface area (Å²) >= 11 is 0. The molecule has 0 N–H and O–H groups in total. The molecule has 2 nitrogen and oxygen atoms in total. The van der Waals surface area contributed by atoms with Crippen LogP contribution < -0.4 is 9.80 Å². The molecular weight excluding hydrogens is 845 g/mol. The third-order valence-corrected chi connectivity index (χ3v) is 14.9. The fraction of sp³-hybridized carbons (Fsp3) is 0.147. The van der Waals surface area contributed by atoms with Gasteiger partial charge in [0.1, 0.15) is 0 Å². The van der Waals surface area contributed by atoms with Crippen LogP contribution in [0.1, 0.15) is 94.5 Å². The zero-order valence-corrected chi connectivity index (χ0v) is 41.7. The van der Waals surface area contributed by atoms with Crippen molar-refractivity contribution in [1.82, 2.24) is 0 Å². The first-order valence-electron chi connectivity index (χ1n) is 24.7. The summed E-state index contributed by atoms with van der Waals surface area (Å²) in [5.74, 6) is 0. The van der Waals surface area contributed by atoms with Gasteiger partial charge in [-0.05, 0) is 167 Å². The Labute approximate surface area is 415 Å². The minimum absolute atomic E-state index is 0.154. The van der Waals surface area contributed by atoms with Crippen LogP contribution in [0.2, 0.25) is 0 Å². The van der Waals surface area contributed by atoms with Crippen LogP contribution in [0.4, 0.5) is 34.1 Å². The Bertz CT molecular complexity index is 3150. The number of anilines is 6. The summed E-state index contributed by atoms with van der Waals surface area (Å²) in [6.45, 7) is 18.1. The maximum absolute atomic E-state index is 2.41. The molecule has 0 aromatic heterocycles. The Kier molecular flexibility index (Phi) is 11.2. The number of fused-ring (bicyclic) bond motifs is 6. The summed E-state index contributed by atoms with van der Waals surface area (Å²) in [6, 6.07) is 72.2. The summed E-state index contributed by atoms with van der Waals surface area (Å²) in [5, 5.41) is 0. The van der Waals surface area contributed by atoms with Crippen LogP contribution in [0.25, 0.3) is 46.6 Å². The molecule has 342 valence electrons. The van der Waals surface area contributed by atoms with Crippen LogP contribution in [-0.4, -0.2) is 0 Å². The van der Waals surface area contributed by atoms with Crippen molar-refractivity contribution in [3.8, 4) is 22.3 Å². The summed E-state index contributed by atoms with van der Waals surface area (Å²) in [5.41, 5.74) is 27.2. The molecular formula is C68H60N2. The monoisotopic (exact) mass is 904 g/mol. The normalized spacial score (nSPS) is 13.8. The number of benzene rings is 9. The summed E-state index contributed by atoms with van der Waals surface area (Å²) in [7, 11) is 0. The van der Waals surface area contributed by atoms with Gasteiger partial charge in [0.25, 0.3) is 0 Å². The van der Waals surface area contributed by atoms with E-state index in [1.165, 1.54) is 100 Å². The largest absolute Gasteiger partial charge is 0.310 e. The first-order valence-corrected chi connectivity index (χ1v) is 24.7. The van der Waals surface area contributed by atoms with Gasteiger partial charge in [0.2, 0.25) is 0 Å². The van der Waals surface area contributed by atoms with Crippen LogP contribution >= 0.6 is 0 Å². The molecule has 2 aliphatic carbocycles. The van der Waals surface area contributed by atoms with Crippen LogP contribution in [0.5, 0.6) is 0 Å². The number of nitrogens with zero attached hydrogens (tertiary/aromatic N) is 2. The second-order valence-electron chi connectivity index (χ2n) is 20.7. The zero-order chi connectivity index (χ0) is 48.3. The maximum Gasteiger partial charge on any atom is 0.0465 e. The van der Waals surface area contributed by atoms with Crippen molar-refractivity contribution >= 4 is 58.4 Å². The number of hydrogen-bond acceptors (Lipinski definition) is 2. The van der Waals surface area contributed by atoms with Gasteiger partial charge in [0.15, 0.2) is 0 Å². The zero-order valence-electron chi connectivity index (χ0n) is 41.7. The smallest absolute Gasteiger partial charge is 0.0465 e. The lowest BCUT2D eigenvalue weighted by Crippen LogP contribution is -2.16. The molecule has 0 radical (unpaired) electrons. The molecule has 0 spiro atoms. The van der Waals surface area contributed by atoms with E-state index in [4.69, 9.17) is 0 Å². The summed E-state index contributed by atoms with van der Waals surface area (Å²) in [6.07, 6.45) is 8.97. The van der Waals surface area contributed by atoms with Gasteiger partial charge in [-0.15, -0.1) is 0 Å². The van der Waals surface area contributed by atoms with Crippen LogP contribution in [0.15, 0.2) is 194 Å². The second-order valence-corrected chi connectivity index (χ2v) is 20.7. The van der Waals surface area contributed by atoms with Crippen molar-refractivity contribution in [2.24, 2.45) is 0 Å². The second kappa shape index (κ2) is 17.5. The van der Waals surface area contributed by atoms with Gasteiger partial charge in [-0.1, -0.05) is 196 Å². The molecule has 0 saturated carbocycles. The molecule has 0 aliphatic heterocycles. The van der Waals surface area contributed by atoms with Crippen molar-refractivity contribution in [2.45, 2.75) is 66.2 Å². The van der Waals surface area contributed by atoms with E-state index in [2.05, 4.69) is 284 Å².